The van der Waals surface area contributed by atoms with Gasteiger partial charge in [0.15, 0.2) is 5.96 Å². The molecule has 1 aromatic carbocycles. The highest BCUT2D eigenvalue weighted by atomic mass is 15.2. The van der Waals surface area contributed by atoms with Gasteiger partial charge in [0.2, 0.25) is 0 Å². The zero-order valence-corrected chi connectivity index (χ0v) is 12.5. The third kappa shape index (κ3) is 4.02. The van der Waals surface area contributed by atoms with Crippen molar-refractivity contribution < 1.29 is 0 Å². The number of fused-ring (bicyclic) bond motifs is 1. The molecule has 0 aliphatic heterocycles. The minimum atomic E-state index is 0.703. The highest BCUT2D eigenvalue weighted by molar-refractivity contribution is 5.81. The second kappa shape index (κ2) is 6.98. The molecule has 20 heavy (non-hydrogen) atoms. The molecule has 0 bridgehead atoms. The maximum Gasteiger partial charge on any atom is 0.191 e. The van der Waals surface area contributed by atoms with E-state index in [1.54, 1.807) is 7.05 Å². The monoisotopic (exact) mass is 272 g/mol. The summed E-state index contributed by atoms with van der Waals surface area (Å²) in [6.45, 7) is 6.14. The SMILES string of the molecule is CN=C(NCCC(C)C)NCc1cc2ccccc2[nH]1. The first kappa shape index (κ1) is 14.4. The molecule has 4 heteroatoms. The zero-order valence-electron chi connectivity index (χ0n) is 12.5. The molecule has 0 radical (unpaired) electrons. The average molecular weight is 272 g/mol. The van der Waals surface area contributed by atoms with Crippen LogP contribution in [-0.4, -0.2) is 24.5 Å². The topological polar surface area (TPSA) is 52.2 Å². The molecule has 0 amide bonds. The van der Waals surface area contributed by atoms with Gasteiger partial charge in [0.1, 0.15) is 0 Å². The van der Waals surface area contributed by atoms with E-state index < -0.39 is 0 Å². The van der Waals surface area contributed by atoms with Gasteiger partial charge in [-0.15, -0.1) is 0 Å². The van der Waals surface area contributed by atoms with Gasteiger partial charge in [0.25, 0.3) is 0 Å². The Morgan fingerprint density at radius 1 is 1.25 bits per heavy atom. The summed E-state index contributed by atoms with van der Waals surface area (Å²) in [5.41, 5.74) is 2.34. The third-order valence-electron chi connectivity index (χ3n) is 3.27. The third-order valence-corrected chi connectivity index (χ3v) is 3.27. The van der Waals surface area contributed by atoms with E-state index in [1.807, 2.05) is 6.07 Å². The Morgan fingerprint density at radius 3 is 2.75 bits per heavy atom. The predicted octanol–water partition coefficient (Wildman–Crippen LogP) is 2.88. The lowest BCUT2D eigenvalue weighted by atomic mass is 10.1. The van der Waals surface area contributed by atoms with Crippen LogP contribution < -0.4 is 10.6 Å². The number of guanidine groups is 1. The molecule has 4 nitrogen and oxygen atoms in total. The van der Waals surface area contributed by atoms with Gasteiger partial charge in [-0.3, -0.25) is 4.99 Å². The lowest BCUT2D eigenvalue weighted by Crippen LogP contribution is -2.37. The Balaban J connectivity index is 1.86. The van der Waals surface area contributed by atoms with E-state index in [0.717, 1.165) is 31.2 Å². The van der Waals surface area contributed by atoms with Crippen molar-refractivity contribution in [2.24, 2.45) is 10.9 Å². The first-order valence-corrected chi connectivity index (χ1v) is 7.20. The summed E-state index contributed by atoms with van der Waals surface area (Å²) < 4.78 is 0. The summed E-state index contributed by atoms with van der Waals surface area (Å²) >= 11 is 0. The lowest BCUT2D eigenvalue weighted by Gasteiger charge is -2.12. The predicted molar refractivity (Wildman–Crippen MR) is 86.0 cm³/mol. The fourth-order valence-electron chi connectivity index (χ4n) is 2.11. The number of aromatic nitrogens is 1. The van der Waals surface area contributed by atoms with Gasteiger partial charge < -0.3 is 15.6 Å². The highest BCUT2D eigenvalue weighted by Gasteiger charge is 2.02. The van der Waals surface area contributed by atoms with Crippen molar-refractivity contribution in [1.82, 2.24) is 15.6 Å². The highest BCUT2D eigenvalue weighted by Crippen LogP contribution is 2.14. The molecular weight excluding hydrogens is 248 g/mol. The minimum Gasteiger partial charge on any atom is -0.357 e. The molecule has 0 saturated carbocycles. The van der Waals surface area contributed by atoms with Gasteiger partial charge in [0, 0.05) is 24.8 Å². The first-order valence-electron chi connectivity index (χ1n) is 7.20. The normalized spacial score (nSPS) is 12.1. The van der Waals surface area contributed by atoms with Gasteiger partial charge in [-0.2, -0.15) is 0 Å². The van der Waals surface area contributed by atoms with Gasteiger partial charge in [-0.25, -0.2) is 0 Å². The largest absolute Gasteiger partial charge is 0.357 e. The van der Waals surface area contributed by atoms with Crippen LogP contribution in [0.1, 0.15) is 26.0 Å². The maximum absolute atomic E-state index is 4.23. The summed E-state index contributed by atoms with van der Waals surface area (Å²) in [5.74, 6) is 1.55. The number of benzene rings is 1. The van der Waals surface area contributed by atoms with Crippen molar-refractivity contribution in [3.63, 3.8) is 0 Å². The summed E-state index contributed by atoms with van der Waals surface area (Å²) in [5, 5.41) is 7.90. The van der Waals surface area contributed by atoms with Crippen LogP contribution in [0.2, 0.25) is 0 Å². The van der Waals surface area contributed by atoms with E-state index in [-0.39, 0.29) is 0 Å². The molecule has 0 aliphatic carbocycles. The van der Waals surface area contributed by atoms with Crippen LogP contribution in [0.3, 0.4) is 0 Å². The molecule has 2 aromatic rings. The molecule has 2 rings (SSSR count). The van der Waals surface area contributed by atoms with Crippen LogP contribution >= 0.6 is 0 Å². The van der Waals surface area contributed by atoms with Gasteiger partial charge in [0.05, 0.1) is 6.54 Å². The molecular formula is C16H24N4. The number of nitrogens with one attached hydrogen (secondary N) is 3. The van der Waals surface area contributed by atoms with Crippen LogP contribution in [0.25, 0.3) is 10.9 Å². The molecule has 1 aromatic heterocycles. The molecule has 0 atom stereocenters. The van der Waals surface area contributed by atoms with E-state index in [9.17, 15) is 0 Å². The van der Waals surface area contributed by atoms with E-state index >= 15 is 0 Å². The Bertz CT molecular complexity index is 536. The summed E-state index contributed by atoms with van der Waals surface area (Å²) in [4.78, 5) is 7.64. The molecule has 0 spiro atoms. The number of nitrogens with zero attached hydrogens (tertiary/aromatic N) is 1. The minimum absolute atomic E-state index is 0.703. The molecule has 0 aliphatic rings. The van der Waals surface area contributed by atoms with Crippen molar-refractivity contribution in [3.8, 4) is 0 Å². The van der Waals surface area contributed by atoms with Crippen LogP contribution in [0.4, 0.5) is 0 Å². The lowest BCUT2D eigenvalue weighted by molar-refractivity contribution is 0.573. The van der Waals surface area contributed by atoms with Crippen molar-refractivity contribution in [3.05, 3.63) is 36.0 Å². The number of hydrogen-bond acceptors (Lipinski definition) is 1. The van der Waals surface area contributed by atoms with Crippen LogP contribution in [0.5, 0.6) is 0 Å². The molecule has 3 N–H and O–H groups in total. The van der Waals surface area contributed by atoms with E-state index in [1.165, 1.54) is 10.9 Å². The zero-order chi connectivity index (χ0) is 14.4. The summed E-state index contributed by atoms with van der Waals surface area (Å²) in [6.07, 6.45) is 1.15. The molecule has 0 fully saturated rings. The summed E-state index contributed by atoms with van der Waals surface area (Å²) in [7, 11) is 1.80. The second-order valence-corrected chi connectivity index (χ2v) is 5.42. The number of hydrogen-bond donors (Lipinski definition) is 3. The standard InChI is InChI=1S/C16H24N4/c1-12(2)8-9-18-16(17-3)19-11-14-10-13-6-4-5-7-15(13)20-14/h4-7,10,12,20H,8-9,11H2,1-3H3,(H2,17,18,19). The van der Waals surface area contributed by atoms with Crippen molar-refractivity contribution in [2.45, 2.75) is 26.8 Å². The summed E-state index contributed by atoms with van der Waals surface area (Å²) in [6, 6.07) is 10.5. The molecule has 0 saturated heterocycles. The van der Waals surface area contributed by atoms with Gasteiger partial charge in [-0.1, -0.05) is 32.0 Å². The second-order valence-electron chi connectivity index (χ2n) is 5.42. The smallest absolute Gasteiger partial charge is 0.191 e. The fourth-order valence-corrected chi connectivity index (χ4v) is 2.11. The number of H-pyrrole nitrogens is 1. The Kier molecular flexibility index (Phi) is 5.04. The maximum atomic E-state index is 4.23. The average Bonchev–Trinajstić information content (AvgIpc) is 2.85. The first-order chi connectivity index (χ1) is 9.69. The Hall–Kier alpha value is -1.97. The number of rotatable bonds is 5. The number of aromatic amines is 1. The molecule has 0 unspecified atom stereocenters. The Morgan fingerprint density at radius 2 is 2.05 bits per heavy atom. The van der Waals surface area contributed by atoms with Crippen molar-refractivity contribution in [2.75, 3.05) is 13.6 Å². The van der Waals surface area contributed by atoms with Crippen LogP contribution in [0, 0.1) is 5.92 Å². The quantitative estimate of drug-likeness (QED) is 0.579. The van der Waals surface area contributed by atoms with E-state index in [4.69, 9.17) is 0 Å². The van der Waals surface area contributed by atoms with Crippen molar-refractivity contribution >= 4 is 16.9 Å². The number of aliphatic imine (C=N–C) groups is 1. The van der Waals surface area contributed by atoms with Gasteiger partial charge >= 0.3 is 0 Å². The number of para-hydroxylation sites is 1. The van der Waals surface area contributed by atoms with Gasteiger partial charge in [-0.05, 0) is 29.9 Å². The van der Waals surface area contributed by atoms with Crippen molar-refractivity contribution in [1.29, 1.82) is 0 Å². The van der Waals surface area contributed by atoms with Crippen LogP contribution in [-0.2, 0) is 6.54 Å². The Labute approximate surface area is 120 Å². The molecule has 1 heterocycles. The fraction of sp³-hybridized carbons (Fsp3) is 0.438. The van der Waals surface area contributed by atoms with Crippen LogP contribution in [0.15, 0.2) is 35.3 Å². The van der Waals surface area contributed by atoms with E-state index in [2.05, 4.69) is 58.7 Å². The molecule has 108 valence electrons. The van der Waals surface area contributed by atoms with E-state index in [0.29, 0.717) is 5.92 Å².